The van der Waals surface area contributed by atoms with Crippen LogP contribution in [0.3, 0.4) is 0 Å². The number of nitrogens with one attached hydrogen (secondary N) is 2. The van der Waals surface area contributed by atoms with Crippen LogP contribution in [0.4, 0.5) is 29.7 Å². The van der Waals surface area contributed by atoms with E-state index in [4.69, 9.17) is 15.1 Å². The fourth-order valence-electron chi connectivity index (χ4n) is 4.62. The first-order valence-corrected chi connectivity index (χ1v) is 12.5. The van der Waals surface area contributed by atoms with Gasteiger partial charge in [0.1, 0.15) is 10.6 Å². The minimum atomic E-state index is -4.58. The summed E-state index contributed by atoms with van der Waals surface area (Å²) >= 11 is 1.54. The summed E-state index contributed by atoms with van der Waals surface area (Å²) in [5.74, 6) is -0.681. The second kappa shape index (κ2) is 9.64. The van der Waals surface area contributed by atoms with Crippen molar-refractivity contribution in [1.29, 1.82) is 0 Å². The molecule has 2 amide bonds. The van der Waals surface area contributed by atoms with E-state index in [0.29, 0.717) is 31.3 Å². The van der Waals surface area contributed by atoms with Crippen LogP contribution in [0, 0.1) is 5.92 Å². The Kier molecular flexibility index (Phi) is 6.51. The summed E-state index contributed by atoms with van der Waals surface area (Å²) in [6, 6.07) is 2.03. The van der Waals surface area contributed by atoms with Crippen molar-refractivity contribution >= 4 is 45.3 Å². The Labute approximate surface area is 212 Å². The molecule has 0 spiro atoms. The van der Waals surface area contributed by atoms with Crippen LogP contribution in [0.15, 0.2) is 6.07 Å². The third kappa shape index (κ3) is 4.97. The number of nitrogens with zero attached hydrogens (tertiary/aromatic N) is 7. The van der Waals surface area contributed by atoms with E-state index in [2.05, 4.69) is 22.5 Å². The predicted octanol–water partition coefficient (Wildman–Crippen LogP) is 2.40. The van der Waals surface area contributed by atoms with Crippen molar-refractivity contribution in [1.82, 2.24) is 35.6 Å². The zero-order valence-corrected chi connectivity index (χ0v) is 20.6. The predicted molar refractivity (Wildman–Crippen MR) is 127 cm³/mol. The average molecular weight is 540 g/mol. The molecule has 198 valence electrons. The highest BCUT2D eigenvalue weighted by molar-refractivity contribution is 7.18. The van der Waals surface area contributed by atoms with Crippen molar-refractivity contribution in [3.8, 4) is 0 Å². The van der Waals surface area contributed by atoms with Crippen molar-refractivity contribution in [3.63, 3.8) is 0 Å². The van der Waals surface area contributed by atoms with Gasteiger partial charge >= 0.3 is 12.3 Å². The molecule has 0 aliphatic carbocycles. The molecule has 0 saturated carbocycles. The van der Waals surface area contributed by atoms with Gasteiger partial charge in [0.2, 0.25) is 17.7 Å². The molecule has 2 aliphatic heterocycles. The summed E-state index contributed by atoms with van der Waals surface area (Å²) < 4.78 is 41.0. The summed E-state index contributed by atoms with van der Waals surface area (Å²) in [5.41, 5.74) is 4.04. The molecule has 3 aromatic rings. The molecule has 1 saturated heterocycles. The van der Waals surface area contributed by atoms with E-state index in [-0.39, 0.29) is 25.5 Å². The lowest BCUT2D eigenvalue weighted by molar-refractivity contribution is -0.147. The third-order valence-corrected chi connectivity index (χ3v) is 7.44. The molecule has 0 radical (unpaired) electrons. The summed E-state index contributed by atoms with van der Waals surface area (Å²) in [5, 5.41) is 16.7. The van der Waals surface area contributed by atoms with Gasteiger partial charge in [0.05, 0.1) is 17.8 Å². The maximum atomic E-state index is 13.3. The number of aromatic nitrogens is 5. The Bertz CT molecular complexity index is 1340. The maximum absolute atomic E-state index is 13.3. The Balaban J connectivity index is 1.44. The van der Waals surface area contributed by atoms with Gasteiger partial charge in [-0.25, -0.2) is 15.2 Å². The molecule has 3 N–H and O–H groups in total. The Morgan fingerprint density at radius 1 is 1.16 bits per heavy atom. The average Bonchev–Trinajstić information content (AvgIpc) is 3.58. The van der Waals surface area contributed by atoms with Crippen LogP contribution >= 0.6 is 11.3 Å². The molecule has 0 aromatic carbocycles. The number of anilines is 2. The van der Waals surface area contributed by atoms with Gasteiger partial charge in [-0.1, -0.05) is 13.3 Å². The minimum absolute atomic E-state index is 0.0620. The monoisotopic (exact) mass is 539 g/mol. The zero-order chi connectivity index (χ0) is 26.3. The van der Waals surface area contributed by atoms with Gasteiger partial charge in [0.25, 0.3) is 0 Å². The first kappa shape index (κ1) is 25.0. The summed E-state index contributed by atoms with van der Waals surface area (Å²) in [7, 11) is 0. The third-order valence-electron chi connectivity index (χ3n) is 6.35. The smallest absolute Gasteiger partial charge is 0.451 e. The lowest BCUT2D eigenvalue weighted by Crippen LogP contribution is -2.44. The molecule has 1 atom stereocenters. The van der Waals surface area contributed by atoms with Crippen LogP contribution < -0.4 is 20.7 Å². The quantitative estimate of drug-likeness (QED) is 0.417. The second-order valence-electron chi connectivity index (χ2n) is 8.89. The van der Waals surface area contributed by atoms with Gasteiger partial charge < -0.3 is 19.5 Å². The molecule has 37 heavy (non-hydrogen) atoms. The summed E-state index contributed by atoms with van der Waals surface area (Å²) in [6.45, 7) is 3.32. The van der Waals surface area contributed by atoms with Gasteiger partial charge in [-0.15, -0.1) is 21.5 Å². The number of hydrogen-bond acceptors (Lipinski definition) is 9. The standard InChI is InChI=1S/C21H24F3N9O3S/c1-2-3-12-8-13-15(31-6-7-33-14(10-31)27-29-18(33)21(22,23)24)25-19(26-17(13)37-12)32-5-4-11(9-32)16(34)28-30-20(35)36/h8,11,30H,2-7,9-10H2,1H3,(H,28,34)(H,35,36)/t11-/m0/s1. The Morgan fingerprint density at radius 3 is 2.70 bits per heavy atom. The lowest BCUT2D eigenvalue weighted by Gasteiger charge is -2.30. The van der Waals surface area contributed by atoms with Crippen molar-refractivity contribution in [2.75, 3.05) is 29.4 Å². The molecule has 12 nitrogen and oxygen atoms in total. The number of thiophene rings is 1. The van der Waals surface area contributed by atoms with E-state index in [9.17, 15) is 22.8 Å². The summed E-state index contributed by atoms with van der Waals surface area (Å²) in [6.07, 6.45) is -3.64. The van der Waals surface area contributed by atoms with Crippen molar-refractivity contribution < 1.29 is 27.9 Å². The maximum Gasteiger partial charge on any atom is 0.451 e. The molecular weight excluding hydrogens is 515 g/mol. The van der Waals surface area contributed by atoms with Crippen molar-refractivity contribution in [3.05, 3.63) is 22.6 Å². The Morgan fingerprint density at radius 2 is 1.97 bits per heavy atom. The van der Waals surface area contributed by atoms with Crippen LogP contribution in [-0.2, 0) is 30.5 Å². The second-order valence-corrected chi connectivity index (χ2v) is 10.0. The van der Waals surface area contributed by atoms with Crippen molar-refractivity contribution in [2.45, 2.75) is 45.5 Å². The molecule has 0 bridgehead atoms. The first-order chi connectivity index (χ1) is 17.6. The number of carboxylic acid groups (broad SMARTS) is 1. The molecule has 0 unspecified atom stereocenters. The number of hydrogen-bond donors (Lipinski definition) is 3. The van der Waals surface area contributed by atoms with Crippen molar-refractivity contribution in [2.24, 2.45) is 5.92 Å². The number of carbonyl (C=O) groups excluding carboxylic acids is 1. The SMILES string of the molecule is CCCc1cc2c(N3CCn4c(nnc4C(F)(F)F)C3)nc(N3CC[C@H](C(=O)NNC(=O)O)C3)nc2s1. The van der Waals surface area contributed by atoms with E-state index >= 15 is 0 Å². The number of aryl methyl sites for hydroxylation is 1. The highest BCUT2D eigenvalue weighted by Crippen LogP contribution is 2.36. The number of hydrazine groups is 1. The van der Waals surface area contributed by atoms with Gasteiger partial charge in [0.15, 0.2) is 5.82 Å². The van der Waals surface area contributed by atoms with E-state index < -0.39 is 29.9 Å². The van der Waals surface area contributed by atoms with Gasteiger partial charge in [0, 0.05) is 31.1 Å². The van der Waals surface area contributed by atoms with E-state index in [1.807, 2.05) is 21.3 Å². The van der Waals surface area contributed by atoms with Crippen LogP contribution in [-0.4, -0.2) is 61.5 Å². The largest absolute Gasteiger partial charge is 0.464 e. The normalized spacial score (nSPS) is 17.8. The molecule has 1 fully saturated rings. The van der Waals surface area contributed by atoms with Crippen LogP contribution in [0.2, 0.25) is 0 Å². The van der Waals surface area contributed by atoms with Gasteiger partial charge in [-0.3, -0.25) is 10.2 Å². The molecule has 16 heteroatoms. The number of rotatable bonds is 5. The lowest BCUT2D eigenvalue weighted by atomic mass is 10.1. The Hall–Kier alpha value is -3.69. The number of halogens is 3. The van der Waals surface area contributed by atoms with Crippen LogP contribution in [0.25, 0.3) is 10.2 Å². The van der Waals surface area contributed by atoms with E-state index in [0.717, 1.165) is 32.5 Å². The number of alkyl halides is 3. The molecule has 3 aromatic heterocycles. The molecule has 5 heterocycles. The fourth-order valence-corrected chi connectivity index (χ4v) is 5.74. The number of fused-ring (bicyclic) bond motifs is 2. The zero-order valence-electron chi connectivity index (χ0n) is 19.7. The highest BCUT2D eigenvalue weighted by atomic mass is 32.1. The first-order valence-electron chi connectivity index (χ1n) is 11.7. The van der Waals surface area contributed by atoms with E-state index in [1.54, 1.807) is 11.3 Å². The highest BCUT2D eigenvalue weighted by Gasteiger charge is 2.40. The fraction of sp³-hybridized carbons (Fsp3) is 0.524. The van der Waals surface area contributed by atoms with Crippen LogP contribution in [0.1, 0.15) is 36.3 Å². The minimum Gasteiger partial charge on any atom is -0.464 e. The summed E-state index contributed by atoms with van der Waals surface area (Å²) in [4.78, 5) is 38.2. The van der Waals surface area contributed by atoms with Gasteiger partial charge in [-0.05, 0) is 18.9 Å². The van der Waals surface area contributed by atoms with Gasteiger partial charge in [-0.2, -0.15) is 18.2 Å². The number of amides is 2. The molecule has 2 aliphatic rings. The van der Waals surface area contributed by atoms with Crippen LogP contribution in [0.5, 0.6) is 0 Å². The number of carbonyl (C=O) groups is 2. The molecule has 5 rings (SSSR count). The molecular formula is C21H24F3N9O3S. The van der Waals surface area contributed by atoms with E-state index in [1.165, 1.54) is 0 Å². The topological polar surface area (TPSA) is 141 Å².